The number of carbonyl (C=O) groups is 1. The minimum Gasteiger partial charge on any atom is -0.389 e. The van der Waals surface area contributed by atoms with Crippen LogP contribution in [0.4, 0.5) is 0 Å². The van der Waals surface area contributed by atoms with Crippen LogP contribution >= 0.6 is 0 Å². The molecule has 4 N–H and O–H groups in total. The fourth-order valence-corrected chi connectivity index (χ4v) is 2.23. The van der Waals surface area contributed by atoms with Crippen molar-refractivity contribution in [3.05, 3.63) is 0 Å². The molecule has 0 radical (unpaired) electrons. The first kappa shape index (κ1) is 13.4. The summed E-state index contributed by atoms with van der Waals surface area (Å²) in [5, 5.41) is 9.98. The number of likely N-dealkylation sites (tertiary alicyclic amines) is 1. The second kappa shape index (κ2) is 5.61. The number of hydrogen-bond acceptors (Lipinski definition) is 4. The molecule has 5 heteroatoms. The third-order valence-corrected chi connectivity index (χ3v) is 3.28. The summed E-state index contributed by atoms with van der Waals surface area (Å²) in [7, 11) is 0. The number of hydrazine groups is 1. The molecule has 1 saturated heterocycles. The van der Waals surface area contributed by atoms with Crippen LogP contribution in [0.2, 0.25) is 0 Å². The molecule has 16 heavy (non-hydrogen) atoms. The summed E-state index contributed by atoms with van der Waals surface area (Å²) in [6.45, 7) is 5.66. The van der Waals surface area contributed by atoms with Gasteiger partial charge in [0, 0.05) is 19.0 Å². The van der Waals surface area contributed by atoms with E-state index in [1.165, 1.54) is 0 Å². The second-order valence-corrected chi connectivity index (χ2v) is 5.03. The second-order valence-electron chi connectivity index (χ2n) is 5.03. The number of β-amino-alcohol motifs (C(OH)–C–C–N with tert-alkyl or cyclic N) is 1. The van der Waals surface area contributed by atoms with Crippen LogP contribution in [0, 0.1) is 0 Å². The number of nitrogens with two attached hydrogens (primary N) is 1. The molecule has 1 amide bonds. The molecule has 0 aliphatic carbocycles. The summed E-state index contributed by atoms with van der Waals surface area (Å²) in [5.41, 5.74) is 1.55. The summed E-state index contributed by atoms with van der Waals surface area (Å²) in [6, 6.07) is 0.309. The van der Waals surface area contributed by atoms with Gasteiger partial charge < -0.3 is 5.11 Å². The molecule has 0 aromatic rings. The molecule has 0 aromatic carbocycles. The zero-order chi connectivity index (χ0) is 12.2. The Morgan fingerprint density at radius 3 is 2.94 bits per heavy atom. The highest BCUT2D eigenvalue weighted by atomic mass is 16.3. The summed E-state index contributed by atoms with van der Waals surface area (Å²) < 4.78 is 0. The molecule has 1 aliphatic heterocycles. The minimum absolute atomic E-state index is 0.129. The average molecular weight is 229 g/mol. The molecule has 0 spiro atoms. The Labute approximate surface area is 97.0 Å². The normalized spacial score (nSPS) is 28.8. The number of carbonyl (C=O) groups excluding carboxylic acids is 1. The molecule has 0 aromatic heterocycles. The fourth-order valence-electron chi connectivity index (χ4n) is 2.23. The zero-order valence-corrected chi connectivity index (χ0v) is 10.2. The Morgan fingerprint density at radius 1 is 1.69 bits per heavy atom. The van der Waals surface area contributed by atoms with Crippen molar-refractivity contribution in [2.75, 3.05) is 13.1 Å². The molecule has 2 atom stereocenters. The summed E-state index contributed by atoms with van der Waals surface area (Å²) in [4.78, 5) is 13.3. The lowest BCUT2D eigenvalue weighted by Gasteiger charge is -2.40. The highest BCUT2D eigenvalue weighted by Crippen LogP contribution is 2.23. The number of piperidine rings is 1. The lowest BCUT2D eigenvalue weighted by atomic mass is 9.93. The SMILES string of the molecule is CC(CCC(=O)NN)N1CCCC(C)(O)C1. The van der Waals surface area contributed by atoms with Crippen LogP contribution < -0.4 is 11.3 Å². The summed E-state index contributed by atoms with van der Waals surface area (Å²) in [5.74, 6) is 4.90. The lowest BCUT2D eigenvalue weighted by Crippen LogP contribution is -2.49. The number of rotatable bonds is 4. The van der Waals surface area contributed by atoms with Crippen LogP contribution in [0.1, 0.15) is 39.5 Å². The van der Waals surface area contributed by atoms with Gasteiger partial charge in [-0.1, -0.05) is 0 Å². The number of nitrogens with zero attached hydrogens (tertiary/aromatic N) is 1. The van der Waals surface area contributed by atoms with Crippen LogP contribution in [-0.4, -0.2) is 40.6 Å². The van der Waals surface area contributed by atoms with Crippen LogP contribution in [0.3, 0.4) is 0 Å². The maximum atomic E-state index is 11.0. The number of amides is 1. The predicted molar refractivity (Wildman–Crippen MR) is 62.5 cm³/mol. The monoisotopic (exact) mass is 229 g/mol. The van der Waals surface area contributed by atoms with Gasteiger partial charge in [-0.2, -0.15) is 0 Å². The fraction of sp³-hybridized carbons (Fsp3) is 0.909. The van der Waals surface area contributed by atoms with Crippen LogP contribution in [0.15, 0.2) is 0 Å². The van der Waals surface area contributed by atoms with Crippen molar-refractivity contribution in [2.45, 2.75) is 51.2 Å². The van der Waals surface area contributed by atoms with Crippen molar-refractivity contribution < 1.29 is 9.90 Å². The molecule has 0 saturated carbocycles. The Morgan fingerprint density at radius 2 is 2.38 bits per heavy atom. The summed E-state index contributed by atoms with van der Waals surface area (Å²) in [6.07, 6.45) is 3.09. The first-order valence-corrected chi connectivity index (χ1v) is 5.90. The molecule has 5 nitrogen and oxygen atoms in total. The van der Waals surface area contributed by atoms with E-state index in [0.717, 1.165) is 25.8 Å². The van der Waals surface area contributed by atoms with E-state index < -0.39 is 5.60 Å². The van der Waals surface area contributed by atoms with E-state index in [2.05, 4.69) is 17.2 Å². The number of nitrogens with one attached hydrogen (secondary N) is 1. The predicted octanol–water partition coefficient (Wildman–Crippen LogP) is -0.00820. The maximum absolute atomic E-state index is 11.0. The van der Waals surface area contributed by atoms with Crippen molar-refractivity contribution in [1.29, 1.82) is 0 Å². The molecule has 2 unspecified atom stereocenters. The van der Waals surface area contributed by atoms with Crippen molar-refractivity contribution in [1.82, 2.24) is 10.3 Å². The van der Waals surface area contributed by atoms with Crippen LogP contribution in [-0.2, 0) is 4.79 Å². The standard InChI is InChI=1S/C11H23N3O2/c1-9(4-5-10(15)13-12)14-7-3-6-11(2,16)8-14/h9,16H,3-8,12H2,1-2H3,(H,13,15). The average Bonchev–Trinajstić information content (AvgIpc) is 2.23. The zero-order valence-electron chi connectivity index (χ0n) is 10.2. The Bertz CT molecular complexity index is 243. The largest absolute Gasteiger partial charge is 0.389 e. The van der Waals surface area contributed by atoms with Gasteiger partial charge >= 0.3 is 0 Å². The van der Waals surface area contributed by atoms with Gasteiger partial charge in [-0.25, -0.2) is 5.84 Å². The third-order valence-electron chi connectivity index (χ3n) is 3.28. The molecule has 1 heterocycles. The van der Waals surface area contributed by atoms with Gasteiger partial charge in [0.1, 0.15) is 0 Å². The van der Waals surface area contributed by atoms with Crippen LogP contribution in [0.25, 0.3) is 0 Å². The van der Waals surface area contributed by atoms with E-state index in [0.29, 0.717) is 19.0 Å². The Balaban J connectivity index is 2.35. The van der Waals surface area contributed by atoms with Gasteiger partial charge in [0.25, 0.3) is 0 Å². The quantitative estimate of drug-likeness (QED) is 0.360. The molecular weight excluding hydrogens is 206 g/mol. The smallest absolute Gasteiger partial charge is 0.233 e. The first-order chi connectivity index (χ1) is 7.44. The van der Waals surface area contributed by atoms with Gasteiger partial charge in [0.15, 0.2) is 0 Å². The first-order valence-electron chi connectivity index (χ1n) is 5.90. The van der Waals surface area contributed by atoms with E-state index in [1.54, 1.807) is 0 Å². The van der Waals surface area contributed by atoms with E-state index >= 15 is 0 Å². The molecular formula is C11H23N3O2. The molecule has 1 aliphatic rings. The Kier molecular flexibility index (Phi) is 4.70. The molecule has 1 rings (SSSR count). The van der Waals surface area contributed by atoms with Gasteiger partial charge in [0.2, 0.25) is 5.91 Å². The maximum Gasteiger partial charge on any atom is 0.233 e. The van der Waals surface area contributed by atoms with Crippen molar-refractivity contribution in [3.8, 4) is 0 Å². The number of aliphatic hydroxyl groups is 1. The van der Waals surface area contributed by atoms with Gasteiger partial charge in [-0.3, -0.25) is 15.1 Å². The molecule has 0 bridgehead atoms. The topological polar surface area (TPSA) is 78.6 Å². The molecule has 94 valence electrons. The molecule has 1 fully saturated rings. The summed E-state index contributed by atoms with van der Waals surface area (Å²) >= 11 is 0. The third kappa shape index (κ3) is 4.08. The Hall–Kier alpha value is -0.650. The lowest BCUT2D eigenvalue weighted by molar-refractivity contribution is -0.121. The number of hydrogen-bond donors (Lipinski definition) is 3. The highest BCUT2D eigenvalue weighted by Gasteiger charge is 2.30. The van der Waals surface area contributed by atoms with Gasteiger partial charge in [-0.05, 0) is 39.7 Å². The van der Waals surface area contributed by atoms with Gasteiger partial charge in [-0.15, -0.1) is 0 Å². The highest BCUT2D eigenvalue weighted by molar-refractivity contribution is 5.75. The van der Waals surface area contributed by atoms with Crippen molar-refractivity contribution >= 4 is 5.91 Å². The van der Waals surface area contributed by atoms with Gasteiger partial charge in [0.05, 0.1) is 5.60 Å². The minimum atomic E-state index is -0.581. The van der Waals surface area contributed by atoms with Crippen molar-refractivity contribution in [2.24, 2.45) is 5.84 Å². The van der Waals surface area contributed by atoms with E-state index in [9.17, 15) is 9.90 Å². The van der Waals surface area contributed by atoms with E-state index in [1.807, 2.05) is 6.92 Å². The van der Waals surface area contributed by atoms with Crippen LogP contribution in [0.5, 0.6) is 0 Å². The van der Waals surface area contributed by atoms with E-state index in [4.69, 9.17) is 5.84 Å². The van der Waals surface area contributed by atoms with E-state index in [-0.39, 0.29) is 5.91 Å². The van der Waals surface area contributed by atoms with Crippen molar-refractivity contribution in [3.63, 3.8) is 0 Å².